The Kier molecular flexibility index (Phi) is 7.39. The molecule has 0 bridgehead atoms. The van der Waals surface area contributed by atoms with E-state index in [2.05, 4.69) is 16.6 Å². The predicted molar refractivity (Wildman–Crippen MR) is 119 cm³/mol. The lowest BCUT2D eigenvalue weighted by atomic mass is 10.1. The Morgan fingerprint density at radius 3 is 2.68 bits per heavy atom. The van der Waals surface area contributed by atoms with Crippen LogP contribution in [0.5, 0.6) is 11.5 Å². The molecule has 0 aromatic heterocycles. The van der Waals surface area contributed by atoms with Gasteiger partial charge in [0.05, 0.1) is 24.5 Å². The summed E-state index contributed by atoms with van der Waals surface area (Å²) in [7, 11) is 0. The van der Waals surface area contributed by atoms with Gasteiger partial charge in [-0.3, -0.25) is 4.79 Å². The minimum Gasteiger partial charge on any atom is -0.490 e. The Balaban J connectivity index is 1.68. The molecule has 6 nitrogen and oxygen atoms in total. The van der Waals surface area contributed by atoms with Gasteiger partial charge in [-0.05, 0) is 66.9 Å². The molecule has 0 fully saturated rings. The van der Waals surface area contributed by atoms with Crippen LogP contribution < -0.4 is 14.9 Å². The number of hydrazone groups is 1. The molecule has 0 heterocycles. The monoisotopic (exact) mass is 413 g/mol. The molecule has 3 aromatic carbocycles. The average Bonchev–Trinajstić information content (AvgIpc) is 2.79. The summed E-state index contributed by atoms with van der Waals surface area (Å²) in [6.45, 7) is 4.56. The predicted octanol–water partition coefficient (Wildman–Crippen LogP) is 4.61. The van der Waals surface area contributed by atoms with Crippen molar-refractivity contribution in [2.75, 3.05) is 6.61 Å². The first-order valence-corrected chi connectivity index (χ1v) is 9.88. The van der Waals surface area contributed by atoms with Gasteiger partial charge in [-0.1, -0.05) is 30.3 Å². The number of nitrogens with zero attached hydrogens (tertiary/aromatic N) is 2. The smallest absolute Gasteiger partial charge is 0.271 e. The lowest BCUT2D eigenvalue weighted by Crippen LogP contribution is -2.18. The van der Waals surface area contributed by atoms with Crippen LogP contribution in [0.2, 0.25) is 0 Å². The lowest BCUT2D eigenvalue weighted by Gasteiger charge is -2.13. The summed E-state index contributed by atoms with van der Waals surface area (Å²) < 4.78 is 11.6. The second-order valence-corrected chi connectivity index (χ2v) is 6.75. The highest BCUT2D eigenvalue weighted by Gasteiger charge is 2.08. The fourth-order valence-electron chi connectivity index (χ4n) is 2.94. The Morgan fingerprint density at radius 1 is 1.06 bits per heavy atom. The molecule has 0 saturated heterocycles. The maximum absolute atomic E-state index is 12.3. The summed E-state index contributed by atoms with van der Waals surface area (Å²) in [5.74, 6) is 0.900. The summed E-state index contributed by atoms with van der Waals surface area (Å²) in [5.41, 5.74) is 6.25. The number of amides is 1. The van der Waals surface area contributed by atoms with E-state index in [0.717, 1.165) is 16.7 Å². The van der Waals surface area contributed by atoms with Crippen molar-refractivity contribution in [3.8, 4) is 17.6 Å². The minimum absolute atomic E-state index is 0.265. The zero-order valence-electron chi connectivity index (χ0n) is 17.5. The van der Waals surface area contributed by atoms with Crippen molar-refractivity contribution in [1.29, 1.82) is 5.26 Å². The number of ether oxygens (including phenoxy) is 2. The first-order chi connectivity index (χ1) is 15.1. The molecule has 0 radical (unpaired) electrons. The van der Waals surface area contributed by atoms with Gasteiger partial charge < -0.3 is 9.47 Å². The molecule has 0 atom stereocenters. The van der Waals surface area contributed by atoms with Crippen LogP contribution in [-0.2, 0) is 6.61 Å². The molecule has 0 spiro atoms. The van der Waals surface area contributed by atoms with Gasteiger partial charge >= 0.3 is 0 Å². The summed E-state index contributed by atoms with van der Waals surface area (Å²) in [4.78, 5) is 12.3. The van der Waals surface area contributed by atoms with Crippen LogP contribution >= 0.6 is 0 Å². The zero-order valence-corrected chi connectivity index (χ0v) is 17.5. The van der Waals surface area contributed by atoms with Gasteiger partial charge in [0.15, 0.2) is 11.5 Å². The number of hydrogen-bond donors (Lipinski definition) is 1. The van der Waals surface area contributed by atoms with Gasteiger partial charge in [0.1, 0.15) is 6.61 Å². The number of benzene rings is 3. The lowest BCUT2D eigenvalue weighted by molar-refractivity contribution is 0.0954. The van der Waals surface area contributed by atoms with Crippen molar-refractivity contribution in [2.45, 2.75) is 20.5 Å². The van der Waals surface area contributed by atoms with Crippen LogP contribution in [0.15, 0.2) is 71.8 Å². The van der Waals surface area contributed by atoms with Crippen molar-refractivity contribution in [1.82, 2.24) is 5.43 Å². The van der Waals surface area contributed by atoms with E-state index in [9.17, 15) is 4.79 Å². The van der Waals surface area contributed by atoms with Crippen molar-refractivity contribution >= 4 is 12.1 Å². The van der Waals surface area contributed by atoms with Gasteiger partial charge in [0.25, 0.3) is 5.91 Å². The molecule has 0 aliphatic heterocycles. The number of carbonyl (C=O) groups is 1. The number of nitrogens with one attached hydrogen (secondary N) is 1. The molecular formula is C25H23N3O3. The Labute approximate surface area is 181 Å². The third-order valence-corrected chi connectivity index (χ3v) is 4.49. The highest BCUT2D eigenvalue weighted by Crippen LogP contribution is 2.29. The largest absolute Gasteiger partial charge is 0.490 e. The van der Waals surface area contributed by atoms with Crippen molar-refractivity contribution in [2.24, 2.45) is 5.10 Å². The fraction of sp³-hybridized carbons (Fsp3) is 0.160. The van der Waals surface area contributed by atoms with E-state index in [1.54, 1.807) is 36.5 Å². The average molecular weight is 413 g/mol. The number of hydrogen-bond acceptors (Lipinski definition) is 5. The molecule has 1 N–H and O–H groups in total. The van der Waals surface area contributed by atoms with E-state index in [1.807, 2.05) is 50.2 Å². The molecule has 0 unspecified atom stereocenters. The van der Waals surface area contributed by atoms with Gasteiger partial charge in [-0.15, -0.1) is 0 Å². The Morgan fingerprint density at radius 2 is 1.90 bits per heavy atom. The van der Waals surface area contributed by atoms with Gasteiger partial charge in [0, 0.05) is 5.56 Å². The highest BCUT2D eigenvalue weighted by atomic mass is 16.5. The maximum Gasteiger partial charge on any atom is 0.271 e. The van der Waals surface area contributed by atoms with Crippen LogP contribution in [0.3, 0.4) is 0 Å². The first-order valence-electron chi connectivity index (χ1n) is 9.88. The van der Waals surface area contributed by atoms with Gasteiger partial charge in [-0.25, -0.2) is 5.43 Å². The van der Waals surface area contributed by atoms with E-state index in [4.69, 9.17) is 14.7 Å². The second kappa shape index (κ2) is 10.6. The van der Waals surface area contributed by atoms with E-state index in [-0.39, 0.29) is 5.91 Å². The van der Waals surface area contributed by atoms with Crippen LogP contribution in [0, 0.1) is 18.3 Å². The molecular weight excluding hydrogens is 390 g/mol. The van der Waals surface area contributed by atoms with Crippen LogP contribution in [0.25, 0.3) is 0 Å². The SMILES string of the molecule is CCOc1cc(/C=N\NC(=O)c2ccccc2C)ccc1OCc1cccc(C#N)c1. The number of aryl methyl sites for hydroxylation is 1. The second-order valence-electron chi connectivity index (χ2n) is 6.75. The molecule has 3 aromatic rings. The van der Waals surface area contributed by atoms with Crippen molar-refractivity contribution < 1.29 is 14.3 Å². The summed E-state index contributed by atoms with van der Waals surface area (Å²) >= 11 is 0. The van der Waals surface area contributed by atoms with Gasteiger partial charge in [0.2, 0.25) is 0 Å². The summed E-state index contributed by atoms with van der Waals surface area (Å²) in [5, 5.41) is 13.1. The van der Waals surface area contributed by atoms with E-state index < -0.39 is 0 Å². The molecule has 3 rings (SSSR count). The molecule has 0 aliphatic rings. The Bertz CT molecular complexity index is 1130. The topological polar surface area (TPSA) is 83.7 Å². The molecule has 156 valence electrons. The molecule has 0 aliphatic carbocycles. The van der Waals surface area contributed by atoms with E-state index in [0.29, 0.717) is 35.8 Å². The first kappa shape index (κ1) is 21.6. The number of nitriles is 1. The number of carbonyl (C=O) groups excluding carboxylic acids is 1. The van der Waals surface area contributed by atoms with E-state index in [1.165, 1.54) is 0 Å². The van der Waals surface area contributed by atoms with Crippen LogP contribution in [0.1, 0.15) is 39.5 Å². The third kappa shape index (κ3) is 5.94. The quantitative estimate of drug-likeness (QED) is 0.432. The zero-order chi connectivity index (χ0) is 22.1. The molecule has 1 amide bonds. The van der Waals surface area contributed by atoms with Crippen LogP contribution in [-0.4, -0.2) is 18.7 Å². The van der Waals surface area contributed by atoms with Crippen molar-refractivity contribution in [3.05, 3.63) is 94.5 Å². The molecule has 0 saturated carbocycles. The molecule has 31 heavy (non-hydrogen) atoms. The normalized spacial score (nSPS) is 10.5. The maximum atomic E-state index is 12.3. The molecule has 6 heteroatoms. The van der Waals surface area contributed by atoms with Gasteiger partial charge in [-0.2, -0.15) is 10.4 Å². The number of rotatable bonds is 8. The third-order valence-electron chi connectivity index (χ3n) is 4.49. The van der Waals surface area contributed by atoms with Crippen molar-refractivity contribution in [3.63, 3.8) is 0 Å². The van der Waals surface area contributed by atoms with Crippen LogP contribution in [0.4, 0.5) is 0 Å². The standard InChI is InChI=1S/C25H23N3O3/c1-3-30-24-14-20(16-27-28-25(29)22-10-5-4-7-18(22)2)11-12-23(24)31-17-21-9-6-8-19(13-21)15-26/h4-14,16H,3,17H2,1-2H3,(H,28,29)/b27-16-. The Hall–Kier alpha value is -4.11. The fourth-order valence-corrected chi connectivity index (χ4v) is 2.94. The highest BCUT2D eigenvalue weighted by molar-refractivity contribution is 5.96. The summed E-state index contributed by atoms with van der Waals surface area (Å²) in [6.07, 6.45) is 1.55. The van der Waals surface area contributed by atoms with E-state index >= 15 is 0 Å². The minimum atomic E-state index is -0.265. The summed E-state index contributed by atoms with van der Waals surface area (Å²) in [6, 6.07) is 22.1.